The van der Waals surface area contributed by atoms with Gasteiger partial charge in [0.25, 0.3) is 0 Å². The fourth-order valence-corrected chi connectivity index (χ4v) is 4.71. The third-order valence-corrected chi connectivity index (χ3v) is 6.13. The Kier molecular flexibility index (Phi) is 6.26. The van der Waals surface area contributed by atoms with E-state index in [-0.39, 0.29) is 24.2 Å². The van der Waals surface area contributed by atoms with Crippen molar-refractivity contribution < 1.29 is 9.59 Å². The molecule has 0 saturated carbocycles. The number of carbonyl (C=O) groups is 2. The SMILES string of the molecule is CC(C)CCSc1nnc(NC(=O)[C@H]2CC(=O)N(c3ccccc3)C2)s1. The number of aromatic nitrogens is 2. The topological polar surface area (TPSA) is 75.2 Å². The number of anilines is 2. The minimum Gasteiger partial charge on any atom is -0.312 e. The quantitative estimate of drug-likeness (QED) is 0.577. The standard InChI is InChI=1S/C18H22N4O2S2/c1-12(2)8-9-25-18-21-20-17(26-18)19-16(24)13-10-15(23)22(11-13)14-6-4-3-5-7-14/h3-7,12-13H,8-11H2,1-2H3,(H,19,20,24)/t13-/m0/s1. The van der Waals surface area contributed by atoms with E-state index in [0.717, 1.165) is 22.2 Å². The zero-order chi connectivity index (χ0) is 18.5. The Bertz CT molecular complexity index is 764. The first-order chi connectivity index (χ1) is 12.5. The summed E-state index contributed by atoms with van der Waals surface area (Å²) in [7, 11) is 0. The van der Waals surface area contributed by atoms with E-state index in [0.29, 0.717) is 17.6 Å². The third-order valence-electron chi connectivity index (χ3n) is 4.12. The second-order valence-electron chi connectivity index (χ2n) is 6.63. The lowest BCUT2D eigenvalue weighted by molar-refractivity contribution is -0.122. The van der Waals surface area contributed by atoms with Crippen molar-refractivity contribution in [2.24, 2.45) is 11.8 Å². The molecular formula is C18H22N4O2S2. The van der Waals surface area contributed by atoms with Crippen LogP contribution in [-0.2, 0) is 9.59 Å². The molecule has 0 spiro atoms. The summed E-state index contributed by atoms with van der Waals surface area (Å²) in [5.74, 6) is 1.07. The van der Waals surface area contributed by atoms with Crippen molar-refractivity contribution in [3.05, 3.63) is 30.3 Å². The largest absolute Gasteiger partial charge is 0.312 e. The zero-order valence-electron chi connectivity index (χ0n) is 14.8. The van der Waals surface area contributed by atoms with Gasteiger partial charge in [-0.15, -0.1) is 10.2 Å². The van der Waals surface area contributed by atoms with Crippen molar-refractivity contribution in [1.82, 2.24) is 10.2 Å². The summed E-state index contributed by atoms with van der Waals surface area (Å²) < 4.78 is 0.856. The molecule has 6 nitrogen and oxygen atoms in total. The molecule has 1 aromatic carbocycles. The number of carbonyl (C=O) groups excluding carboxylic acids is 2. The average Bonchev–Trinajstić information content (AvgIpc) is 3.22. The van der Waals surface area contributed by atoms with E-state index in [4.69, 9.17) is 0 Å². The minimum absolute atomic E-state index is 0.0291. The molecule has 0 radical (unpaired) electrons. The van der Waals surface area contributed by atoms with E-state index in [1.807, 2.05) is 30.3 Å². The molecule has 0 aliphatic carbocycles. The van der Waals surface area contributed by atoms with Crippen molar-refractivity contribution in [3.63, 3.8) is 0 Å². The Hall–Kier alpha value is -1.93. The van der Waals surface area contributed by atoms with Crippen LogP contribution in [0.2, 0.25) is 0 Å². The predicted octanol–water partition coefficient (Wildman–Crippen LogP) is 3.67. The Balaban J connectivity index is 1.54. The highest BCUT2D eigenvalue weighted by molar-refractivity contribution is 8.01. The van der Waals surface area contributed by atoms with Gasteiger partial charge in [0, 0.05) is 24.4 Å². The highest BCUT2D eigenvalue weighted by Crippen LogP contribution is 2.29. The van der Waals surface area contributed by atoms with Crippen molar-refractivity contribution in [2.45, 2.75) is 31.0 Å². The van der Waals surface area contributed by atoms with Gasteiger partial charge in [0.15, 0.2) is 4.34 Å². The molecule has 1 N–H and O–H groups in total. The summed E-state index contributed by atoms with van der Waals surface area (Å²) >= 11 is 3.04. The highest BCUT2D eigenvalue weighted by atomic mass is 32.2. The van der Waals surface area contributed by atoms with Gasteiger partial charge in [0.2, 0.25) is 16.9 Å². The first-order valence-corrected chi connectivity index (χ1v) is 10.5. The molecule has 2 amide bonds. The van der Waals surface area contributed by atoms with Crippen LogP contribution in [0.4, 0.5) is 10.8 Å². The summed E-state index contributed by atoms with van der Waals surface area (Å²) in [4.78, 5) is 26.4. The monoisotopic (exact) mass is 390 g/mol. The maximum absolute atomic E-state index is 12.5. The summed E-state index contributed by atoms with van der Waals surface area (Å²) in [6, 6.07) is 9.43. The number of thioether (sulfide) groups is 1. The second kappa shape index (κ2) is 8.64. The summed E-state index contributed by atoms with van der Waals surface area (Å²) in [6.45, 7) is 4.77. The van der Waals surface area contributed by atoms with Gasteiger partial charge in [-0.2, -0.15) is 0 Å². The van der Waals surface area contributed by atoms with Gasteiger partial charge in [-0.25, -0.2) is 0 Å². The van der Waals surface area contributed by atoms with Crippen molar-refractivity contribution >= 4 is 45.7 Å². The fraction of sp³-hybridized carbons (Fsp3) is 0.444. The first kappa shape index (κ1) is 18.8. The van der Waals surface area contributed by atoms with Gasteiger partial charge in [0.05, 0.1) is 5.92 Å². The maximum atomic E-state index is 12.5. The molecule has 138 valence electrons. The molecule has 1 saturated heterocycles. The van der Waals surface area contributed by atoms with Crippen molar-refractivity contribution in [1.29, 1.82) is 0 Å². The molecule has 0 unspecified atom stereocenters. The van der Waals surface area contributed by atoms with Gasteiger partial charge < -0.3 is 10.2 Å². The van der Waals surface area contributed by atoms with Gasteiger partial charge in [0.1, 0.15) is 0 Å². The molecule has 1 fully saturated rings. The van der Waals surface area contributed by atoms with Crippen LogP contribution in [0.5, 0.6) is 0 Å². The Morgan fingerprint density at radius 1 is 1.35 bits per heavy atom. The maximum Gasteiger partial charge on any atom is 0.231 e. The third kappa shape index (κ3) is 4.82. The van der Waals surface area contributed by atoms with Crippen LogP contribution in [-0.4, -0.2) is 34.3 Å². The molecule has 26 heavy (non-hydrogen) atoms. The molecule has 1 aliphatic heterocycles. The fourth-order valence-electron chi connectivity index (χ4n) is 2.65. The van der Waals surface area contributed by atoms with E-state index in [9.17, 15) is 9.59 Å². The molecule has 1 atom stereocenters. The number of hydrogen-bond donors (Lipinski definition) is 1. The lowest BCUT2D eigenvalue weighted by atomic mass is 10.1. The highest BCUT2D eigenvalue weighted by Gasteiger charge is 2.35. The Morgan fingerprint density at radius 2 is 2.12 bits per heavy atom. The lowest BCUT2D eigenvalue weighted by Crippen LogP contribution is -2.28. The van der Waals surface area contributed by atoms with Gasteiger partial charge >= 0.3 is 0 Å². The van der Waals surface area contributed by atoms with E-state index < -0.39 is 0 Å². The van der Waals surface area contributed by atoms with E-state index in [1.165, 1.54) is 11.3 Å². The van der Waals surface area contributed by atoms with Gasteiger partial charge in [-0.1, -0.05) is 55.1 Å². The number of rotatable bonds is 7. The van der Waals surface area contributed by atoms with Crippen LogP contribution in [0.15, 0.2) is 34.7 Å². The second-order valence-corrected chi connectivity index (χ2v) is 8.95. The van der Waals surface area contributed by atoms with Crippen LogP contribution in [0.25, 0.3) is 0 Å². The number of hydrogen-bond acceptors (Lipinski definition) is 6. The zero-order valence-corrected chi connectivity index (χ0v) is 16.5. The molecule has 2 heterocycles. The number of benzene rings is 1. The number of amides is 2. The molecule has 1 aromatic heterocycles. The van der Waals surface area contributed by atoms with Crippen molar-refractivity contribution in [3.8, 4) is 0 Å². The Morgan fingerprint density at radius 3 is 2.85 bits per heavy atom. The number of nitrogens with one attached hydrogen (secondary N) is 1. The van der Waals surface area contributed by atoms with E-state index >= 15 is 0 Å². The molecular weight excluding hydrogens is 368 g/mol. The van der Waals surface area contributed by atoms with Crippen LogP contribution < -0.4 is 10.2 Å². The molecule has 1 aliphatic rings. The molecule has 2 aromatic rings. The van der Waals surface area contributed by atoms with Gasteiger partial charge in [-0.05, 0) is 24.5 Å². The number of para-hydroxylation sites is 1. The summed E-state index contributed by atoms with van der Waals surface area (Å²) in [5.41, 5.74) is 0.826. The van der Waals surface area contributed by atoms with E-state index in [2.05, 4.69) is 29.4 Å². The van der Waals surface area contributed by atoms with Crippen molar-refractivity contribution in [2.75, 3.05) is 22.5 Å². The molecule has 3 rings (SSSR count). The smallest absolute Gasteiger partial charge is 0.231 e. The molecule has 0 bridgehead atoms. The summed E-state index contributed by atoms with van der Waals surface area (Å²) in [6.07, 6.45) is 1.33. The summed E-state index contributed by atoms with van der Waals surface area (Å²) in [5, 5.41) is 11.5. The van der Waals surface area contributed by atoms with Crippen LogP contribution in [0, 0.1) is 11.8 Å². The molecule has 8 heteroatoms. The normalized spacial score (nSPS) is 17.1. The van der Waals surface area contributed by atoms with Crippen LogP contribution in [0.3, 0.4) is 0 Å². The first-order valence-electron chi connectivity index (χ1n) is 8.65. The van der Waals surface area contributed by atoms with E-state index in [1.54, 1.807) is 16.7 Å². The minimum atomic E-state index is -0.372. The predicted molar refractivity (Wildman–Crippen MR) is 106 cm³/mol. The number of nitrogens with zero attached hydrogens (tertiary/aromatic N) is 3. The van der Waals surface area contributed by atoms with Crippen LogP contribution >= 0.6 is 23.1 Å². The van der Waals surface area contributed by atoms with Crippen LogP contribution in [0.1, 0.15) is 26.7 Å². The Labute approximate surface area is 161 Å². The average molecular weight is 391 g/mol. The van der Waals surface area contributed by atoms with Gasteiger partial charge in [-0.3, -0.25) is 9.59 Å². The lowest BCUT2D eigenvalue weighted by Gasteiger charge is -2.16.